The summed E-state index contributed by atoms with van der Waals surface area (Å²) in [5.41, 5.74) is 3.64. The van der Waals surface area contributed by atoms with E-state index < -0.39 is 0 Å². The maximum atomic E-state index is 13.5. The zero-order valence-electron chi connectivity index (χ0n) is 20.8. The van der Waals surface area contributed by atoms with Gasteiger partial charge in [-0.25, -0.2) is 14.3 Å². The molecule has 0 fully saturated rings. The fourth-order valence-electron chi connectivity index (χ4n) is 5.21. The fraction of sp³-hybridized carbons (Fsp3) is 0.214. The first-order valence-electron chi connectivity index (χ1n) is 12.6. The highest BCUT2D eigenvalue weighted by Crippen LogP contribution is 2.35. The van der Waals surface area contributed by atoms with Crippen LogP contribution in [0.4, 0.5) is 17.3 Å². The number of hydrogen-bond donors (Lipinski definition) is 1. The normalized spacial score (nSPS) is 15.2. The van der Waals surface area contributed by atoms with Crippen LogP contribution in [0.2, 0.25) is 0 Å². The van der Waals surface area contributed by atoms with E-state index in [2.05, 4.69) is 27.0 Å². The number of nitrogens with one attached hydrogen (secondary N) is 1. The summed E-state index contributed by atoms with van der Waals surface area (Å²) >= 11 is 0. The van der Waals surface area contributed by atoms with Gasteiger partial charge in [0.2, 0.25) is 5.95 Å². The van der Waals surface area contributed by atoms with Crippen LogP contribution in [0, 0.1) is 0 Å². The Hall–Kier alpha value is -4.86. The second kappa shape index (κ2) is 8.62. The molecule has 1 amide bonds. The Balaban J connectivity index is 1.39. The minimum Gasteiger partial charge on any atom is -0.482 e. The lowest BCUT2D eigenvalue weighted by atomic mass is 10.1. The third-order valence-corrected chi connectivity index (χ3v) is 7.15. The lowest BCUT2D eigenvalue weighted by Gasteiger charge is -2.30. The summed E-state index contributed by atoms with van der Waals surface area (Å²) in [6.45, 7) is 1.01. The van der Waals surface area contributed by atoms with Crippen molar-refractivity contribution in [3.63, 3.8) is 0 Å². The molecule has 10 nitrogen and oxygen atoms in total. The Labute approximate surface area is 217 Å². The molecule has 2 aliphatic heterocycles. The molecule has 38 heavy (non-hydrogen) atoms. The number of benzene rings is 2. The summed E-state index contributed by atoms with van der Waals surface area (Å²) in [7, 11) is 2.00. The van der Waals surface area contributed by atoms with Crippen molar-refractivity contribution in [2.24, 2.45) is 7.05 Å². The van der Waals surface area contributed by atoms with Gasteiger partial charge >= 0.3 is 0 Å². The van der Waals surface area contributed by atoms with Gasteiger partial charge in [0.15, 0.2) is 12.3 Å². The van der Waals surface area contributed by atoms with Gasteiger partial charge in [0.1, 0.15) is 11.1 Å². The summed E-state index contributed by atoms with van der Waals surface area (Å²) in [5, 5.41) is 4.85. The van der Waals surface area contributed by atoms with Crippen molar-refractivity contribution in [2.45, 2.75) is 19.4 Å². The van der Waals surface area contributed by atoms with Crippen LogP contribution in [0.1, 0.15) is 12.8 Å². The van der Waals surface area contributed by atoms with Crippen LogP contribution in [-0.4, -0.2) is 43.0 Å². The molecule has 2 aliphatic rings. The van der Waals surface area contributed by atoms with E-state index in [9.17, 15) is 9.59 Å². The van der Waals surface area contributed by atoms with E-state index in [1.807, 2.05) is 55.7 Å². The van der Waals surface area contributed by atoms with Crippen molar-refractivity contribution in [3.05, 3.63) is 77.4 Å². The van der Waals surface area contributed by atoms with Crippen molar-refractivity contribution < 1.29 is 9.53 Å². The van der Waals surface area contributed by atoms with Crippen molar-refractivity contribution in [1.29, 1.82) is 0 Å². The van der Waals surface area contributed by atoms with E-state index in [1.165, 1.54) is 0 Å². The number of allylic oxidation sites excluding steroid dienone is 2. The van der Waals surface area contributed by atoms with Gasteiger partial charge in [-0.15, -0.1) is 0 Å². The topological polar surface area (TPSA) is 99.2 Å². The van der Waals surface area contributed by atoms with Crippen LogP contribution < -0.4 is 20.5 Å². The van der Waals surface area contributed by atoms with E-state index in [0.717, 1.165) is 29.4 Å². The first-order valence-corrected chi connectivity index (χ1v) is 12.6. The third kappa shape index (κ3) is 3.56. The zero-order valence-corrected chi connectivity index (χ0v) is 20.8. The molecule has 7 rings (SSSR count). The van der Waals surface area contributed by atoms with Crippen LogP contribution in [0.5, 0.6) is 5.75 Å². The summed E-state index contributed by atoms with van der Waals surface area (Å²) in [6, 6.07) is 13.8. The van der Waals surface area contributed by atoms with Gasteiger partial charge in [-0.05, 0) is 54.6 Å². The van der Waals surface area contributed by atoms with Crippen molar-refractivity contribution in [2.75, 3.05) is 23.4 Å². The summed E-state index contributed by atoms with van der Waals surface area (Å²) in [5.74, 6) is 0.959. The average Bonchev–Trinajstić information content (AvgIpc) is 3.42. The summed E-state index contributed by atoms with van der Waals surface area (Å²) in [6.07, 6.45) is 9.24. The van der Waals surface area contributed by atoms with Gasteiger partial charge in [0.25, 0.3) is 11.5 Å². The quantitative estimate of drug-likeness (QED) is 0.364. The molecular weight excluding hydrogens is 482 g/mol. The first-order chi connectivity index (χ1) is 18.6. The molecule has 2 aromatic carbocycles. The second-order valence-corrected chi connectivity index (χ2v) is 9.55. The minimum absolute atomic E-state index is 0.0240. The second-order valence-electron chi connectivity index (χ2n) is 9.55. The largest absolute Gasteiger partial charge is 0.482 e. The van der Waals surface area contributed by atoms with Crippen molar-refractivity contribution in [1.82, 2.24) is 23.9 Å². The van der Waals surface area contributed by atoms with Crippen LogP contribution in [0.3, 0.4) is 0 Å². The Bertz CT molecular complexity index is 1830. The lowest BCUT2D eigenvalue weighted by Crippen LogP contribution is -2.39. The van der Waals surface area contributed by atoms with E-state index in [-0.39, 0.29) is 18.1 Å². The number of amides is 1. The fourth-order valence-corrected chi connectivity index (χ4v) is 5.21. The number of nitrogens with zero attached hydrogens (tertiary/aromatic N) is 6. The van der Waals surface area contributed by atoms with Crippen LogP contribution in [0.15, 0.2) is 71.8 Å². The molecule has 0 saturated heterocycles. The summed E-state index contributed by atoms with van der Waals surface area (Å²) < 4.78 is 11.2. The predicted octanol–water partition coefficient (Wildman–Crippen LogP) is 3.89. The van der Waals surface area contributed by atoms with Gasteiger partial charge < -0.3 is 19.5 Å². The molecule has 5 heterocycles. The number of aromatic nitrogens is 5. The van der Waals surface area contributed by atoms with Crippen LogP contribution in [0.25, 0.3) is 27.6 Å². The molecule has 190 valence electrons. The molecule has 10 heteroatoms. The zero-order chi connectivity index (χ0) is 25.8. The minimum atomic E-state index is -0.180. The molecule has 0 radical (unpaired) electrons. The van der Waals surface area contributed by atoms with Crippen LogP contribution in [-0.2, 0) is 18.4 Å². The Morgan fingerprint density at radius 1 is 1.05 bits per heavy atom. The molecule has 0 unspecified atom stereocenters. The Morgan fingerprint density at radius 3 is 2.89 bits per heavy atom. The highest BCUT2D eigenvalue weighted by atomic mass is 16.5. The number of carbonyl (C=O) groups is 1. The molecule has 3 aromatic heterocycles. The highest BCUT2D eigenvalue weighted by molar-refractivity contribution is 5.98. The molecule has 1 N–H and O–H groups in total. The highest BCUT2D eigenvalue weighted by Gasteiger charge is 2.27. The number of fused-ring (bicyclic) bond motifs is 6. The number of carbonyl (C=O) groups excluding carboxylic acids is 1. The van der Waals surface area contributed by atoms with E-state index in [4.69, 9.17) is 9.72 Å². The maximum absolute atomic E-state index is 13.5. The Kier molecular flexibility index (Phi) is 5.07. The van der Waals surface area contributed by atoms with Gasteiger partial charge in [-0.2, -0.15) is 4.98 Å². The monoisotopic (exact) mass is 507 g/mol. The molecule has 0 saturated carbocycles. The number of aryl methyl sites for hydroxylation is 1. The van der Waals surface area contributed by atoms with Crippen LogP contribution >= 0.6 is 0 Å². The van der Waals surface area contributed by atoms with Gasteiger partial charge in [0, 0.05) is 37.2 Å². The molecule has 0 spiro atoms. The first kappa shape index (κ1) is 22.3. The van der Waals surface area contributed by atoms with Gasteiger partial charge in [-0.3, -0.25) is 9.59 Å². The van der Waals surface area contributed by atoms with E-state index >= 15 is 0 Å². The van der Waals surface area contributed by atoms with Crippen molar-refractivity contribution in [3.8, 4) is 11.4 Å². The third-order valence-electron chi connectivity index (χ3n) is 7.15. The Morgan fingerprint density at radius 2 is 1.97 bits per heavy atom. The van der Waals surface area contributed by atoms with Gasteiger partial charge in [-0.1, -0.05) is 18.2 Å². The molecular formula is C28H25N7O3. The molecule has 5 aromatic rings. The number of hydrogen-bond acceptors (Lipinski definition) is 6. The van der Waals surface area contributed by atoms with Crippen molar-refractivity contribution >= 4 is 45.2 Å². The summed E-state index contributed by atoms with van der Waals surface area (Å²) in [4.78, 5) is 37.2. The molecule has 0 atom stereocenters. The van der Waals surface area contributed by atoms with E-state index in [0.29, 0.717) is 47.2 Å². The number of anilines is 3. The standard InChI is InChI=1S/C28H25N7O3/c1-32-13-10-18-6-7-19(14-22(18)32)30-28-29-16-21-26(31-28)35-20-8-9-24-23(15-20)33(25(36)17-38-24)11-4-2-3-5-12-34(35)27(21)37/h3,5-10,13-16H,2,4,11-12,17H2,1H3,(H,29,30,31). The smallest absolute Gasteiger partial charge is 0.278 e. The maximum Gasteiger partial charge on any atom is 0.278 e. The van der Waals surface area contributed by atoms with Gasteiger partial charge in [0.05, 0.1) is 17.9 Å². The SMILES string of the molecule is Cn1ccc2ccc(Nc3ncc4c(=O)n5n(c4n3)-c3ccc4c(c3)N(CCCC=CC5)C(=O)CO4)cc21. The molecule has 2 bridgehead atoms. The molecule has 0 aliphatic carbocycles. The number of rotatable bonds is 2. The number of ether oxygens (including phenoxy) is 1. The predicted molar refractivity (Wildman–Crippen MR) is 146 cm³/mol. The lowest BCUT2D eigenvalue weighted by molar-refractivity contribution is -0.121. The van der Waals surface area contributed by atoms with E-state index in [1.54, 1.807) is 20.5 Å². The average molecular weight is 508 g/mol.